The predicted octanol–water partition coefficient (Wildman–Crippen LogP) is 1.90. The van der Waals surface area contributed by atoms with Gasteiger partial charge < -0.3 is 10.1 Å². The van der Waals surface area contributed by atoms with Crippen molar-refractivity contribution in [3.63, 3.8) is 0 Å². The van der Waals surface area contributed by atoms with Crippen molar-refractivity contribution in [3.8, 4) is 11.4 Å². The lowest BCUT2D eigenvalue weighted by Crippen LogP contribution is -2.21. The van der Waals surface area contributed by atoms with Gasteiger partial charge in [0.05, 0.1) is 22.8 Å². The Morgan fingerprint density at radius 3 is 2.65 bits per heavy atom. The first-order valence-corrected chi connectivity index (χ1v) is 8.38. The number of hydrogen-bond acceptors (Lipinski definition) is 6. The molecule has 3 rings (SSSR count). The van der Waals surface area contributed by atoms with E-state index in [4.69, 9.17) is 4.74 Å². The number of ether oxygens (including phenoxy) is 1. The van der Waals surface area contributed by atoms with E-state index >= 15 is 0 Å². The topological polar surface area (TPSA) is 99.8 Å². The van der Waals surface area contributed by atoms with E-state index in [-0.39, 0.29) is 12.5 Å². The minimum atomic E-state index is -0.225. The highest BCUT2D eigenvalue weighted by Crippen LogP contribution is 2.20. The molecule has 26 heavy (non-hydrogen) atoms. The molecule has 136 valence electrons. The smallest absolute Gasteiger partial charge is 0.262 e. The Morgan fingerprint density at radius 2 is 2.00 bits per heavy atom. The molecule has 0 spiro atoms. The second kappa shape index (κ2) is 7.77. The molecule has 1 aromatic carbocycles. The van der Waals surface area contributed by atoms with E-state index in [0.717, 1.165) is 35.7 Å². The van der Waals surface area contributed by atoms with Crippen molar-refractivity contribution in [1.29, 1.82) is 0 Å². The van der Waals surface area contributed by atoms with Crippen LogP contribution in [0.1, 0.15) is 24.7 Å². The van der Waals surface area contributed by atoms with Crippen molar-refractivity contribution in [1.82, 2.24) is 30.0 Å². The van der Waals surface area contributed by atoms with E-state index in [1.165, 1.54) is 11.0 Å². The first-order chi connectivity index (χ1) is 12.6. The van der Waals surface area contributed by atoms with Gasteiger partial charge in [-0.1, -0.05) is 6.92 Å². The van der Waals surface area contributed by atoms with Gasteiger partial charge in [0.2, 0.25) is 0 Å². The van der Waals surface area contributed by atoms with Crippen LogP contribution in [0, 0.1) is 13.8 Å². The zero-order chi connectivity index (χ0) is 18.5. The number of nitrogens with one attached hydrogen (secondary N) is 1. The monoisotopic (exact) mass is 355 g/mol. The lowest BCUT2D eigenvalue weighted by molar-refractivity contribution is -0.118. The molecular formula is C17H21N7O2. The second-order valence-electron chi connectivity index (χ2n) is 5.85. The Bertz CT molecular complexity index is 869. The van der Waals surface area contributed by atoms with Crippen LogP contribution in [0.5, 0.6) is 5.75 Å². The van der Waals surface area contributed by atoms with Crippen molar-refractivity contribution in [3.05, 3.63) is 42.0 Å². The standard InChI is InChI=1S/C17H21N7O2/c1-4-9-23-13(3)17(12(2)20-23)19-16(25)10-26-15-7-5-14(6-8-15)24-11-18-21-22-24/h5-8,11H,4,9-10H2,1-3H3,(H,19,25). The quantitative estimate of drug-likeness (QED) is 0.695. The molecule has 2 heterocycles. The maximum Gasteiger partial charge on any atom is 0.262 e. The second-order valence-corrected chi connectivity index (χ2v) is 5.85. The number of tetrazole rings is 1. The van der Waals surface area contributed by atoms with Crippen LogP contribution in [0.3, 0.4) is 0 Å². The van der Waals surface area contributed by atoms with Crippen LogP contribution in [0.15, 0.2) is 30.6 Å². The van der Waals surface area contributed by atoms with Gasteiger partial charge in [0.25, 0.3) is 5.91 Å². The fourth-order valence-corrected chi connectivity index (χ4v) is 2.61. The Hall–Kier alpha value is -3.23. The van der Waals surface area contributed by atoms with Gasteiger partial charge in [0.15, 0.2) is 6.61 Å². The van der Waals surface area contributed by atoms with Crippen molar-refractivity contribution in [2.45, 2.75) is 33.7 Å². The van der Waals surface area contributed by atoms with Crippen LogP contribution in [0.25, 0.3) is 5.69 Å². The van der Waals surface area contributed by atoms with E-state index < -0.39 is 0 Å². The van der Waals surface area contributed by atoms with Gasteiger partial charge in [-0.15, -0.1) is 5.10 Å². The van der Waals surface area contributed by atoms with Gasteiger partial charge in [0, 0.05) is 6.54 Å². The zero-order valence-corrected chi connectivity index (χ0v) is 15.0. The van der Waals surface area contributed by atoms with Crippen molar-refractivity contribution < 1.29 is 9.53 Å². The summed E-state index contributed by atoms with van der Waals surface area (Å²) in [7, 11) is 0. The molecule has 9 heteroatoms. The molecule has 2 aromatic heterocycles. The lowest BCUT2D eigenvalue weighted by Gasteiger charge is -2.09. The number of aromatic nitrogens is 6. The Kier molecular flexibility index (Phi) is 5.26. The first-order valence-electron chi connectivity index (χ1n) is 8.38. The highest BCUT2D eigenvalue weighted by Gasteiger charge is 2.14. The fourth-order valence-electron chi connectivity index (χ4n) is 2.61. The highest BCUT2D eigenvalue weighted by molar-refractivity contribution is 5.93. The van der Waals surface area contributed by atoms with E-state index in [9.17, 15) is 4.79 Å². The SMILES string of the molecule is CCCn1nc(C)c(NC(=O)COc2ccc(-n3cnnn3)cc2)c1C. The molecule has 0 aliphatic heterocycles. The summed E-state index contributed by atoms with van der Waals surface area (Å²) in [4.78, 5) is 12.2. The number of aryl methyl sites for hydroxylation is 2. The summed E-state index contributed by atoms with van der Waals surface area (Å²) in [5.41, 5.74) is 3.31. The minimum absolute atomic E-state index is 0.0813. The lowest BCUT2D eigenvalue weighted by atomic mass is 10.3. The van der Waals surface area contributed by atoms with Crippen LogP contribution in [-0.4, -0.2) is 42.5 Å². The van der Waals surface area contributed by atoms with E-state index in [0.29, 0.717) is 5.75 Å². The summed E-state index contributed by atoms with van der Waals surface area (Å²) >= 11 is 0. The van der Waals surface area contributed by atoms with Crippen LogP contribution in [0.2, 0.25) is 0 Å². The molecule has 0 atom stereocenters. The Balaban J connectivity index is 1.57. The summed E-state index contributed by atoms with van der Waals surface area (Å²) in [6.45, 7) is 6.67. The molecular weight excluding hydrogens is 334 g/mol. The number of anilines is 1. The normalized spacial score (nSPS) is 10.7. The molecule has 9 nitrogen and oxygen atoms in total. The summed E-state index contributed by atoms with van der Waals surface area (Å²) < 4.78 is 8.99. The van der Waals surface area contributed by atoms with Gasteiger partial charge in [0.1, 0.15) is 12.1 Å². The fraction of sp³-hybridized carbons (Fsp3) is 0.353. The number of benzene rings is 1. The molecule has 0 saturated carbocycles. The third kappa shape index (κ3) is 3.88. The molecule has 0 aliphatic rings. The van der Waals surface area contributed by atoms with Gasteiger partial charge in [-0.3, -0.25) is 9.48 Å². The molecule has 0 bridgehead atoms. The van der Waals surface area contributed by atoms with Crippen LogP contribution in [0.4, 0.5) is 5.69 Å². The highest BCUT2D eigenvalue weighted by atomic mass is 16.5. The number of hydrogen-bond donors (Lipinski definition) is 1. The summed E-state index contributed by atoms with van der Waals surface area (Å²) in [5.74, 6) is 0.365. The van der Waals surface area contributed by atoms with Crippen LogP contribution < -0.4 is 10.1 Å². The van der Waals surface area contributed by atoms with Crippen LogP contribution >= 0.6 is 0 Å². The Labute approximate surface area is 151 Å². The van der Waals surface area contributed by atoms with Gasteiger partial charge in [-0.25, -0.2) is 4.68 Å². The molecule has 0 aliphatic carbocycles. The molecule has 1 N–H and O–H groups in total. The average molecular weight is 355 g/mol. The Morgan fingerprint density at radius 1 is 1.23 bits per heavy atom. The minimum Gasteiger partial charge on any atom is -0.484 e. The molecule has 1 amide bonds. The molecule has 0 saturated heterocycles. The summed E-state index contributed by atoms with van der Waals surface area (Å²) in [6.07, 6.45) is 2.49. The molecule has 0 unspecified atom stereocenters. The number of carbonyl (C=O) groups is 1. The van der Waals surface area contributed by atoms with Crippen molar-refractivity contribution in [2.24, 2.45) is 0 Å². The summed E-state index contributed by atoms with van der Waals surface area (Å²) in [5, 5.41) is 18.3. The van der Waals surface area contributed by atoms with E-state index in [2.05, 4.69) is 32.9 Å². The summed E-state index contributed by atoms with van der Waals surface area (Å²) in [6, 6.07) is 7.15. The third-order valence-corrected chi connectivity index (χ3v) is 3.90. The molecule has 0 fully saturated rings. The first kappa shape index (κ1) is 17.6. The third-order valence-electron chi connectivity index (χ3n) is 3.90. The number of nitrogens with zero attached hydrogens (tertiary/aromatic N) is 6. The van der Waals surface area contributed by atoms with Gasteiger partial charge in [-0.05, 0) is 55.0 Å². The van der Waals surface area contributed by atoms with E-state index in [1.807, 2.05) is 30.7 Å². The van der Waals surface area contributed by atoms with Gasteiger partial charge in [-0.2, -0.15) is 5.10 Å². The largest absolute Gasteiger partial charge is 0.484 e. The zero-order valence-electron chi connectivity index (χ0n) is 15.0. The van der Waals surface area contributed by atoms with Crippen LogP contribution in [-0.2, 0) is 11.3 Å². The van der Waals surface area contributed by atoms with Gasteiger partial charge >= 0.3 is 0 Å². The van der Waals surface area contributed by atoms with Crippen molar-refractivity contribution >= 4 is 11.6 Å². The molecule has 0 radical (unpaired) electrons. The average Bonchev–Trinajstić information content (AvgIpc) is 3.26. The predicted molar refractivity (Wildman–Crippen MR) is 95.3 cm³/mol. The van der Waals surface area contributed by atoms with Crippen molar-refractivity contribution in [2.75, 3.05) is 11.9 Å². The number of amides is 1. The number of carbonyl (C=O) groups excluding carboxylic acids is 1. The maximum atomic E-state index is 12.2. The van der Waals surface area contributed by atoms with E-state index in [1.54, 1.807) is 12.1 Å². The maximum absolute atomic E-state index is 12.2. The number of rotatable bonds is 7. The molecule has 3 aromatic rings.